The number of hydrazone groups is 1. The number of nitrogens with zero attached hydrogens (tertiary/aromatic N) is 5. The molecule has 0 unspecified atom stereocenters. The Morgan fingerprint density at radius 2 is 1.89 bits per heavy atom. The molecule has 6 rings (SSSR count). The van der Waals surface area contributed by atoms with Gasteiger partial charge in [-0.05, 0) is 35.5 Å². The average molecular weight is 547 g/mol. The maximum absolute atomic E-state index is 13.0. The molecule has 1 fully saturated rings. The van der Waals surface area contributed by atoms with Gasteiger partial charge in [-0.25, -0.2) is 0 Å². The third kappa shape index (κ3) is 4.66. The second-order valence-electron chi connectivity index (χ2n) is 9.00. The van der Waals surface area contributed by atoms with Crippen LogP contribution in [0.25, 0.3) is 17.0 Å². The Kier molecular flexibility index (Phi) is 6.61. The smallest absolute Gasteiger partial charge is 0.283 e. The molecule has 3 aliphatic heterocycles. The number of halogens is 1. The predicted molar refractivity (Wildman–Crippen MR) is 150 cm³/mol. The van der Waals surface area contributed by atoms with Gasteiger partial charge in [0, 0.05) is 47.3 Å². The van der Waals surface area contributed by atoms with Gasteiger partial charge in [-0.3, -0.25) is 15.0 Å². The van der Waals surface area contributed by atoms with E-state index in [9.17, 15) is 9.59 Å². The van der Waals surface area contributed by atoms with Crippen LogP contribution < -0.4 is 0 Å². The Hall–Kier alpha value is -3.73. The Morgan fingerprint density at radius 3 is 2.71 bits per heavy atom. The summed E-state index contributed by atoms with van der Waals surface area (Å²) < 4.78 is 7.39. The Bertz CT molecular complexity index is 1570. The largest absolute Gasteiger partial charge is 0.378 e. The highest BCUT2D eigenvalue weighted by molar-refractivity contribution is 8.27. The van der Waals surface area contributed by atoms with Crippen LogP contribution in [-0.4, -0.2) is 68.6 Å². The minimum absolute atomic E-state index is 0.0556. The molecule has 1 N–H and O–H groups in total. The van der Waals surface area contributed by atoms with Crippen molar-refractivity contribution in [2.24, 2.45) is 10.1 Å². The fourth-order valence-electron chi connectivity index (χ4n) is 4.64. The number of thioether (sulfide) groups is 1. The molecule has 3 aromatic rings. The van der Waals surface area contributed by atoms with Crippen LogP contribution >= 0.6 is 23.4 Å². The van der Waals surface area contributed by atoms with Gasteiger partial charge < -0.3 is 14.2 Å². The topological polar surface area (TPSA) is 103 Å². The van der Waals surface area contributed by atoms with E-state index >= 15 is 0 Å². The summed E-state index contributed by atoms with van der Waals surface area (Å²) in [7, 11) is 0. The first kappa shape index (κ1) is 24.6. The van der Waals surface area contributed by atoms with Gasteiger partial charge >= 0.3 is 0 Å². The summed E-state index contributed by atoms with van der Waals surface area (Å²) in [5.74, 6) is -0.628. The van der Waals surface area contributed by atoms with Gasteiger partial charge in [0.2, 0.25) is 11.1 Å². The number of para-hydroxylation sites is 1. The van der Waals surface area contributed by atoms with Crippen molar-refractivity contribution in [3.63, 3.8) is 0 Å². The van der Waals surface area contributed by atoms with Gasteiger partial charge in [0.25, 0.3) is 5.91 Å². The molecule has 0 radical (unpaired) electrons. The normalized spacial score (nSPS) is 18.7. The van der Waals surface area contributed by atoms with Crippen LogP contribution in [0.2, 0.25) is 5.02 Å². The van der Waals surface area contributed by atoms with Crippen molar-refractivity contribution in [3.8, 4) is 0 Å². The van der Waals surface area contributed by atoms with Gasteiger partial charge in [0.1, 0.15) is 5.04 Å². The number of amides is 2. The Labute approximate surface area is 227 Å². The zero-order chi connectivity index (χ0) is 26.2. The van der Waals surface area contributed by atoms with Crippen molar-refractivity contribution in [1.29, 1.82) is 5.41 Å². The molecular formula is C27H23ClN6O3S. The monoisotopic (exact) mass is 546 g/mol. The first-order valence-corrected chi connectivity index (χ1v) is 13.3. The molecule has 1 aromatic heterocycles. The van der Waals surface area contributed by atoms with Gasteiger partial charge in [-0.15, -0.1) is 0 Å². The van der Waals surface area contributed by atoms with Crippen LogP contribution in [0.3, 0.4) is 0 Å². The number of hydrogen-bond donors (Lipinski definition) is 1. The van der Waals surface area contributed by atoms with Gasteiger partial charge in [-0.1, -0.05) is 48.0 Å². The molecular weight excluding hydrogens is 524 g/mol. The molecule has 2 aromatic carbocycles. The number of amidine groups is 2. The van der Waals surface area contributed by atoms with E-state index in [-0.39, 0.29) is 23.7 Å². The molecule has 0 bridgehead atoms. The highest BCUT2D eigenvalue weighted by atomic mass is 35.5. The standard InChI is InChI=1S/C27H23ClN6O3S/c28-21-7-3-1-5-17(21)15-33-16-18(19-6-2-4-8-22(19)33)13-20-25(29)34-27(30-26(20)36)38-23(31-34)14-24(35)32-9-11-37-12-10-32/h1-8,13,16,29H,9-12,14-15H2. The maximum Gasteiger partial charge on any atom is 0.283 e. The van der Waals surface area contributed by atoms with E-state index < -0.39 is 5.91 Å². The first-order chi connectivity index (χ1) is 18.5. The lowest BCUT2D eigenvalue weighted by atomic mass is 10.1. The third-order valence-electron chi connectivity index (χ3n) is 6.58. The number of carbonyl (C=O) groups excluding carboxylic acids is 2. The summed E-state index contributed by atoms with van der Waals surface area (Å²) in [5, 5.41) is 17.0. The van der Waals surface area contributed by atoms with Crippen LogP contribution in [0.1, 0.15) is 17.5 Å². The molecule has 0 atom stereocenters. The van der Waals surface area contributed by atoms with Gasteiger partial charge in [0.15, 0.2) is 5.84 Å². The van der Waals surface area contributed by atoms with E-state index in [1.165, 1.54) is 5.01 Å². The zero-order valence-electron chi connectivity index (χ0n) is 20.3. The lowest BCUT2D eigenvalue weighted by Crippen LogP contribution is -2.41. The highest BCUT2D eigenvalue weighted by Crippen LogP contribution is 2.31. The van der Waals surface area contributed by atoms with E-state index in [1.807, 2.05) is 54.7 Å². The molecule has 11 heteroatoms. The SMILES string of the molecule is N=C1C(=Cc2cn(Cc3ccccc3Cl)c3ccccc23)C(=O)N=C2SC(CC(=O)N3CCOCC3)=NN12. The fraction of sp³-hybridized carbons (Fsp3) is 0.222. The van der Waals surface area contributed by atoms with Crippen LogP contribution in [0, 0.1) is 5.41 Å². The molecule has 38 heavy (non-hydrogen) atoms. The summed E-state index contributed by atoms with van der Waals surface area (Å²) in [6, 6.07) is 15.6. The van der Waals surface area contributed by atoms with Crippen LogP contribution in [0.15, 0.2) is 70.4 Å². The quantitative estimate of drug-likeness (QED) is 0.483. The van der Waals surface area contributed by atoms with Crippen molar-refractivity contribution in [3.05, 3.63) is 76.5 Å². The number of carbonyl (C=O) groups is 2. The average Bonchev–Trinajstić information content (AvgIpc) is 3.49. The molecule has 0 saturated carbocycles. The van der Waals surface area contributed by atoms with Crippen molar-refractivity contribution in [1.82, 2.24) is 14.5 Å². The summed E-state index contributed by atoms with van der Waals surface area (Å²) >= 11 is 7.56. The van der Waals surface area contributed by atoms with Gasteiger partial charge in [0.05, 0.1) is 25.2 Å². The van der Waals surface area contributed by atoms with E-state index in [0.717, 1.165) is 33.8 Å². The maximum atomic E-state index is 13.0. The predicted octanol–water partition coefficient (Wildman–Crippen LogP) is 4.21. The van der Waals surface area contributed by atoms with Crippen LogP contribution in [0.4, 0.5) is 0 Å². The molecule has 2 amide bonds. The fourth-order valence-corrected chi connectivity index (χ4v) is 5.72. The Morgan fingerprint density at radius 1 is 1.13 bits per heavy atom. The zero-order valence-corrected chi connectivity index (χ0v) is 21.8. The number of aliphatic imine (C=N–C) groups is 1. The van der Waals surface area contributed by atoms with E-state index in [2.05, 4.69) is 14.7 Å². The van der Waals surface area contributed by atoms with Crippen molar-refractivity contribution in [2.45, 2.75) is 13.0 Å². The first-order valence-electron chi connectivity index (χ1n) is 12.1. The molecule has 0 spiro atoms. The number of morpholine rings is 1. The van der Waals surface area contributed by atoms with Gasteiger partial charge in [-0.2, -0.15) is 15.1 Å². The van der Waals surface area contributed by atoms with E-state index in [4.69, 9.17) is 21.7 Å². The lowest BCUT2D eigenvalue weighted by Gasteiger charge is -2.26. The number of fused-ring (bicyclic) bond motifs is 2. The van der Waals surface area contributed by atoms with Crippen molar-refractivity contribution < 1.29 is 14.3 Å². The lowest BCUT2D eigenvalue weighted by molar-refractivity contribution is -0.133. The van der Waals surface area contributed by atoms with Crippen LogP contribution in [-0.2, 0) is 20.9 Å². The molecule has 1 saturated heterocycles. The minimum atomic E-state index is -0.507. The number of ether oxygens (including phenoxy) is 1. The number of rotatable bonds is 5. The molecule has 9 nitrogen and oxygen atoms in total. The highest BCUT2D eigenvalue weighted by Gasteiger charge is 2.36. The van der Waals surface area contributed by atoms with E-state index in [0.29, 0.717) is 48.1 Å². The summed E-state index contributed by atoms with van der Waals surface area (Å²) in [6.45, 7) is 2.70. The minimum Gasteiger partial charge on any atom is -0.378 e. The van der Waals surface area contributed by atoms with Crippen LogP contribution in [0.5, 0.6) is 0 Å². The van der Waals surface area contributed by atoms with Crippen molar-refractivity contribution >= 4 is 68.2 Å². The molecule has 4 heterocycles. The molecule has 3 aliphatic rings. The van der Waals surface area contributed by atoms with Crippen molar-refractivity contribution in [2.75, 3.05) is 26.3 Å². The second kappa shape index (κ2) is 10.2. The Balaban J connectivity index is 1.28. The number of nitrogens with one attached hydrogen (secondary N) is 1. The second-order valence-corrected chi connectivity index (χ2v) is 10.5. The number of benzene rings is 2. The van der Waals surface area contributed by atoms with E-state index in [1.54, 1.807) is 11.0 Å². The molecule has 0 aliphatic carbocycles. The summed E-state index contributed by atoms with van der Waals surface area (Å²) in [5.41, 5.74) is 2.89. The summed E-state index contributed by atoms with van der Waals surface area (Å²) in [4.78, 5) is 31.6. The molecule has 192 valence electrons. The summed E-state index contributed by atoms with van der Waals surface area (Å²) in [6.07, 6.45) is 3.74. The number of hydrogen-bond acceptors (Lipinski definition) is 6. The third-order valence-corrected chi connectivity index (χ3v) is 7.86. The number of aromatic nitrogens is 1.